The topological polar surface area (TPSA) is 60.7 Å². The van der Waals surface area contributed by atoms with E-state index in [2.05, 4.69) is 5.32 Å². The van der Waals surface area contributed by atoms with Crippen LogP contribution in [0.1, 0.15) is 16.1 Å². The number of benzene rings is 1. The molecule has 0 saturated heterocycles. The number of carbonyl (C=O) groups is 1. The van der Waals surface area contributed by atoms with Crippen molar-refractivity contribution in [3.8, 4) is 11.5 Å². The van der Waals surface area contributed by atoms with E-state index in [4.69, 9.17) is 25.5 Å². The second kappa shape index (κ2) is 6.34. The highest BCUT2D eigenvalue weighted by atomic mass is 35.5. The van der Waals surface area contributed by atoms with Crippen molar-refractivity contribution < 1.29 is 18.7 Å². The Morgan fingerprint density at radius 2 is 1.85 bits per heavy atom. The highest BCUT2D eigenvalue weighted by Gasteiger charge is 2.18. The zero-order chi connectivity index (χ0) is 14.5. The molecule has 1 amide bonds. The van der Waals surface area contributed by atoms with Gasteiger partial charge in [0.15, 0.2) is 5.22 Å². The van der Waals surface area contributed by atoms with Crippen LogP contribution in [-0.4, -0.2) is 20.1 Å². The van der Waals surface area contributed by atoms with Gasteiger partial charge in [-0.15, -0.1) is 0 Å². The maximum atomic E-state index is 12.2. The predicted molar refractivity (Wildman–Crippen MR) is 74.4 cm³/mol. The van der Waals surface area contributed by atoms with Gasteiger partial charge in [-0.3, -0.25) is 4.79 Å². The number of nitrogens with one attached hydrogen (secondary N) is 1. The molecule has 0 saturated carbocycles. The monoisotopic (exact) mass is 295 g/mol. The Balaban J connectivity index is 2.16. The number of methoxy groups -OCH3 is 2. The average Bonchev–Trinajstić information content (AvgIpc) is 2.89. The summed E-state index contributed by atoms with van der Waals surface area (Å²) in [5.41, 5.74) is 0.343. The number of hydrogen-bond acceptors (Lipinski definition) is 4. The number of ether oxygens (including phenoxy) is 2. The summed E-state index contributed by atoms with van der Waals surface area (Å²) in [7, 11) is 3.00. The van der Waals surface area contributed by atoms with Crippen molar-refractivity contribution in [1.82, 2.24) is 5.32 Å². The van der Waals surface area contributed by atoms with Gasteiger partial charge in [-0.25, -0.2) is 0 Å². The molecule has 1 aromatic carbocycles. The van der Waals surface area contributed by atoms with E-state index in [-0.39, 0.29) is 17.7 Å². The molecule has 1 aromatic heterocycles. The van der Waals surface area contributed by atoms with Crippen LogP contribution >= 0.6 is 11.6 Å². The second-order valence-electron chi connectivity index (χ2n) is 3.93. The summed E-state index contributed by atoms with van der Waals surface area (Å²) in [5, 5.41) is 3.01. The van der Waals surface area contributed by atoms with Crippen LogP contribution in [0.5, 0.6) is 11.5 Å². The molecule has 20 heavy (non-hydrogen) atoms. The number of rotatable bonds is 5. The van der Waals surface area contributed by atoms with Crippen molar-refractivity contribution in [1.29, 1.82) is 0 Å². The van der Waals surface area contributed by atoms with Crippen molar-refractivity contribution in [3.05, 3.63) is 46.9 Å². The lowest BCUT2D eigenvalue weighted by Gasteiger charge is -2.12. The van der Waals surface area contributed by atoms with E-state index in [9.17, 15) is 4.79 Å². The molecule has 0 fully saturated rings. The summed E-state index contributed by atoms with van der Waals surface area (Å²) in [4.78, 5) is 12.2. The number of carbonyl (C=O) groups excluding carboxylic acids is 1. The summed E-state index contributed by atoms with van der Waals surface area (Å²) >= 11 is 5.67. The number of furan rings is 1. The van der Waals surface area contributed by atoms with Crippen LogP contribution in [0, 0.1) is 0 Å². The number of hydrogen-bond donors (Lipinski definition) is 1. The van der Waals surface area contributed by atoms with Gasteiger partial charge >= 0.3 is 0 Å². The third-order valence-corrected chi connectivity index (χ3v) is 2.91. The van der Waals surface area contributed by atoms with E-state index >= 15 is 0 Å². The molecular formula is C14H14ClNO4. The highest BCUT2D eigenvalue weighted by Crippen LogP contribution is 2.28. The molecule has 1 N–H and O–H groups in total. The Morgan fingerprint density at radius 3 is 2.35 bits per heavy atom. The van der Waals surface area contributed by atoms with Crippen LogP contribution < -0.4 is 14.8 Å². The molecule has 0 unspecified atom stereocenters. The van der Waals surface area contributed by atoms with Crippen LogP contribution in [0.2, 0.25) is 5.22 Å². The highest BCUT2D eigenvalue weighted by molar-refractivity contribution is 6.28. The fraction of sp³-hybridized carbons (Fsp3) is 0.214. The van der Waals surface area contributed by atoms with Crippen molar-refractivity contribution >= 4 is 17.5 Å². The maximum Gasteiger partial charge on any atom is 0.259 e. The molecule has 2 rings (SSSR count). The van der Waals surface area contributed by atoms with E-state index in [0.29, 0.717) is 22.8 Å². The van der Waals surface area contributed by atoms with E-state index in [1.807, 2.05) is 0 Å². The van der Waals surface area contributed by atoms with Gasteiger partial charge in [0.1, 0.15) is 22.8 Å². The summed E-state index contributed by atoms with van der Waals surface area (Å²) in [6.45, 7) is 0.229. The first kappa shape index (κ1) is 14.3. The molecule has 0 spiro atoms. The van der Waals surface area contributed by atoms with Crippen molar-refractivity contribution in [3.63, 3.8) is 0 Å². The zero-order valence-corrected chi connectivity index (χ0v) is 11.9. The largest absolute Gasteiger partial charge is 0.496 e. The standard InChI is InChI=1S/C14H14ClNO4/c1-18-10-4-3-5-11(19-2)13(10)14(17)16-8-9-6-7-12(15)20-9/h3-7H,8H2,1-2H3,(H,16,17). The molecule has 0 atom stereocenters. The maximum absolute atomic E-state index is 12.2. The number of halogens is 1. The first-order valence-electron chi connectivity index (χ1n) is 5.89. The third kappa shape index (κ3) is 3.05. The molecule has 6 heteroatoms. The lowest BCUT2D eigenvalue weighted by molar-refractivity contribution is 0.0941. The smallest absolute Gasteiger partial charge is 0.259 e. The van der Waals surface area contributed by atoms with E-state index in [1.54, 1.807) is 30.3 Å². The summed E-state index contributed by atoms with van der Waals surface area (Å²) in [5.74, 6) is 1.14. The Labute approximate surface area is 121 Å². The first-order valence-corrected chi connectivity index (χ1v) is 6.27. The summed E-state index contributed by atoms with van der Waals surface area (Å²) < 4.78 is 15.5. The van der Waals surface area contributed by atoms with Gasteiger partial charge in [0, 0.05) is 0 Å². The molecule has 0 aliphatic heterocycles. The molecule has 0 aliphatic rings. The van der Waals surface area contributed by atoms with Crippen molar-refractivity contribution in [2.24, 2.45) is 0 Å². The van der Waals surface area contributed by atoms with Crippen LogP contribution in [0.15, 0.2) is 34.7 Å². The number of amides is 1. The Morgan fingerprint density at radius 1 is 1.20 bits per heavy atom. The lowest BCUT2D eigenvalue weighted by Crippen LogP contribution is -2.23. The van der Waals surface area contributed by atoms with Crippen molar-refractivity contribution in [2.45, 2.75) is 6.54 Å². The Bertz CT molecular complexity index is 587. The molecule has 106 valence electrons. The van der Waals surface area contributed by atoms with Crippen molar-refractivity contribution in [2.75, 3.05) is 14.2 Å². The first-order chi connectivity index (χ1) is 9.65. The molecule has 0 aliphatic carbocycles. The molecule has 2 aromatic rings. The van der Waals surface area contributed by atoms with E-state index in [1.165, 1.54) is 14.2 Å². The Kier molecular flexibility index (Phi) is 4.53. The molecule has 5 nitrogen and oxygen atoms in total. The van der Waals surface area contributed by atoms with Gasteiger partial charge in [0.2, 0.25) is 0 Å². The summed E-state index contributed by atoms with van der Waals surface area (Å²) in [6.07, 6.45) is 0. The molecule has 0 bridgehead atoms. The van der Waals surface area contributed by atoms with Gasteiger partial charge in [0.25, 0.3) is 5.91 Å². The third-order valence-electron chi connectivity index (χ3n) is 2.71. The molecular weight excluding hydrogens is 282 g/mol. The van der Waals surface area contributed by atoms with Gasteiger partial charge < -0.3 is 19.2 Å². The minimum atomic E-state index is -0.313. The Hall–Kier alpha value is -2.14. The fourth-order valence-corrected chi connectivity index (χ4v) is 1.94. The quantitative estimate of drug-likeness (QED) is 0.921. The minimum Gasteiger partial charge on any atom is -0.496 e. The zero-order valence-electron chi connectivity index (χ0n) is 11.1. The van der Waals surface area contributed by atoms with E-state index < -0.39 is 0 Å². The summed E-state index contributed by atoms with van der Waals surface area (Å²) in [6, 6.07) is 8.46. The van der Waals surface area contributed by atoms with Crippen LogP contribution in [0.4, 0.5) is 0 Å². The molecule has 0 radical (unpaired) electrons. The minimum absolute atomic E-state index is 0.229. The normalized spacial score (nSPS) is 10.2. The average molecular weight is 296 g/mol. The van der Waals surface area contributed by atoms with Crippen LogP contribution in [-0.2, 0) is 6.54 Å². The van der Waals surface area contributed by atoms with Gasteiger partial charge in [-0.2, -0.15) is 0 Å². The fourth-order valence-electron chi connectivity index (χ4n) is 1.78. The van der Waals surface area contributed by atoms with Gasteiger partial charge in [-0.1, -0.05) is 6.07 Å². The molecule has 1 heterocycles. The van der Waals surface area contributed by atoms with Gasteiger partial charge in [-0.05, 0) is 35.9 Å². The second-order valence-corrected chi connectivity index (χ2v) is 4.30. The SMILES string of the molecule is COc1cccc(OC)c1C(=O)NCc1ccc(Cl)o1. The van der Waals surface area contributed by atoms with Crippen LogP contribution in [0.25, 0.3) is 0 Å². The predicted octanol–water partition coefficient (Wildman–Crippen LogP) is 2.88. The van der Waals surface area contributed by atoms with Crippen LogP contribution in [0.3, 0.4) is 0 Å². The lowest BCUT2D eigenvalue weighted by atomic mass is 10.1. The van der Waals surface area contributed by atoms with E-state index in [0.717, 1.165) is 0 Å². The van der Waals surface area contributed by atoms with Gasteiger partial charge in [0.05, 0.1) is 20.8 Å².